The Bertz CT molecular complexity index is 578. The van der Waals surface area contributed by atoms with Gasteiger partial charge >= 0.3 is 11.9 Å². The monoisotopic (exact) mass is 438 g/mol. The molecular weight excluding hydrogens is 396 g/mol. The number of epoxide rings is 2. The van der Waals surface area contributed by atoms with Gasteiger partial charge in [0.05, 0.1) is 43.5 Å². The lowest BCUT2D eigenvalue weighted by Crippen LogP contribution is -2.41. The van der Waals surface area contributed by atoms with E-state index in [1.165, 1.54) is 12.8 Å². The van der Waals surface area contributed by atoms with Crippen LogP contribution in [0.15, 0.2) is 0 Å². The van der Waals surface area contributed by atoms with Crippen LogP contribution in [-0.4, -0.2) is 49.6 Å². The van der Waals surface area contributed by atoms with E-state index in [4.69, 9.17) is 18.9 Å². The van der Waals surface area contributed by atoms with Crippen LogP contribution in [0.1, 0.15) is 91.4 Å². The Balaban J connectivity index is 1.40. The van der Waals surface area contributed by atoms with Crippen LogP contribution >= 0.6 is 0 Å². The topological polar surface area (TPSA) is 77.7 Å². The molecule has 6 nitrogen and oxygen atoms in total. The van der Waals surface area contributed by atoms with Crippen molar-refractivity contribution in [1.82, 2.24) is 0 Å². The molecule has 7 atom stereocenters. The van der Waals surface area contributed by atoms with Gasteiger partial charge in [0, 0.05) is 12.3 Å². The molecule has 1 aliphatic carbocycles. The van der Waals surface area contributed by atoms with Gasteiger partial charge in [0.1, 0.15) is 0 Å². The fourth-order valence-corrected chi connectivity index (χ4v) is 5.44. The van der Waals surface area contributed by atoms with E-state index in [9.17, 15) is 9.59 Å². The number of carbonyl (C=O) groups excluding carboxylic acids is 2. The molecule has 0 bridgehead atoms. The number of ether oxygens (including phenoxy) is 4. The number of hydrogen-bond acceptors (Lipinski definition) is 6. The summed E-state index contributed by atoms with van der Waals surface area (Å²) in [5.41, 5.74) is 0. The molecule has 0 radical (unpaired) electrons. The summed E-state index contributed by atoms with van der Waals surface area (Å²) in [5, 5.41) is 0. The Labute approximate surface area is 187 Å². The van der Waals surface area contributed by atoms with Crippen molar-refractivity contribution in [2.45, 2.75) is 116 Å². The van der Waals surface area contributed by atoms with Crippen molar-refractivity contribution in [3.63, 3.8) is 0 Å². The second-order valence-corrected chi connectivity index (χ2v) is 9.39. The highest BCUT2D eigenvalue weighted by molar-refractivity contribution is 5.73. The van der Waals surface area contributed by atoms with Crippen LogP contribution in [0.4, 0.5) is 0 Å². The van der Waals surface area contributed by atoms with Gasteiger partial charge in [-0.05, 0) is 45.4 Å². The number of unbranched alkanes of at least 4 members (excludes halogenated alkanes) is 5. The first-order chi connectivity index (χ1) is 15.1. The van der Waals surface area contributed by atoms with Crippen LogP contribution < -0.4 is 0 Å². The molecule has 1 saturated carbocycles. The predicted octanol–water partition coefficient (Wildman–Crippen LogP) is 4.82. The quantitative estimate of drug-likeness (QED) is 0.207. The molecule has 7 unspecified atom stereocenters. The molecule has 3 aliphatic rings. The number of esters is 2. The van der Waals surface area contributed by atoms with Crippen LogP contribution in [0.25, 0.3) is 0 Å². The van der Waals surface area contributed by atoms with Gasteiger partial charge in [-0.25, -0.2) is 0 Å². The molecule has 0 spiro atoms. The van der Waals surface area contributed by atoms with E-state index in [0.29, 0.717) is 37.8 Å². The third-order valence-electron chi connectivity index (χ3n) is 7.12. The number of fused-ring (bicyclic) bond motifs is 1. The van der Waals surface area contributed by atoms with E-state index in [0.717, 1.165) is 51.4 Å². The number of carbonyl (C=O) groups is 2. The zero-order valence-corrected chi connectivity index (χ0v) is 19.7. The maximum absolute atomic E-state index is 12.7. The maximum Gasteiger partial charge on any atom is 0.309 e. The van der Waals surface area contributed by atoms with Crippen molar-refractivity contribution in [3.05, 3.63) is 0 Å². The fraction of sp³-hybridized carbons (Fsp3) is 0.920. The summed E-state index contributed by atoms with van der Waals surface area (Å²) in [5.74, 6) is 0.385. The number of hydrogen-bond donors (Lipinski definition) is 0. The lowest BCUT2D eigenvalue weighted by molar-refractivity contribution is -0.152. The summed E-state index contributed by atoms with van der Waals surface area (Å²) in [7, 11) is 0. The van der Waals surface area contributed by atoms with Crippen molar-refractivity contribution in [3.8, 4) is 0 Å². The van der Waals surface area contributed by atoms with Crippen LogP contribution in [0.3, 0.4) is 0 Å². The Kier molecular flexibility index (Phi) is 9.64. The van der Waals surface area contributed by atoms with Crippen molar-refractivity contribution in [2.75, 3.05) is 13.2 Å². The van der Waals surface area contributed by atoms with E-state index >= 15 is 0 Å². The van der Waals surface area contributed by atoms with Gasteiger partial charge in [0.2, 0.25) is 0 Å². The third-order valence-corrected chi connectivity index (χ3v) is 7.12. The van der Waals surface area contributed by atoms with Crippen LogP contribution in [0, 0.1) is 17.8 Å². The van der Waals surface area contributed by atoms with E-state index < -0.39 is 0 Å². The SMILES string of the molecule is CCCCC1OC1C1C(C(=O)OCC)CC(CCCCCCCC(=O)OCC)C2OC21. The first-order valence-corrected chi connectivity index (χ1v) is 12.7. The smallest absolute Gasteiger partial charge is 0.309 e. The molecule has 2 aliphatic heterocycles. The van der Waals surface area contributed by atoms with Gasteiger partial charge in [-0.15, -0.1) is 0 Å². The summed E-state index contributed by atoms with van der Waals surface area (Å²) in [6.07, 6.45) is 12.3. The molecule has 0 aromatic rings. The predicted molar refractivity (Wildman–Crippen MR) is 118 cm³/mol. The molecule has 3 rings (SSSR count). The summed E-state index contributed by atoms with van der Waals surface area (Å²) in [6, 6.07) is 0. The molecule has 0 aromatic heterocycles. The highest BCUT2D eigenvalue weighted by Gasteiger charge is 2.64. The minimum absolute atomic E-state index is 0.0600. The first kappa shape index (κ1) is 24.5. The Morgan fingerprint density at radius 2 is 1.55 bits per heavy atom. The molecular formula is C25H42O6. The molecule has 2 heterocycles. The number of rotatable bonds is 15. The molecule has 0 amide bonds. The Hall–Kier alpha value is -1.14. The van der Waals surface area contributed by atoms with E-state index in [-0.39, 0.29) is 36.0 Å². The molecule has 178 valence electrons. The summed E-state index contributed by atoms with van der Waals surface area (Å²) >= 11 is 0. The lowest BCUT2D eigenvalue weighted by Gasteiger charge is -2.31. The summed E-state index contributed by atoms with van der Waals surface area (Å²) < 4.78 is 22.5. The highest BCUT2D eigenvalue weighted by atomic mass is 16.6. The molecule has 0 aromatic carbocycles. The Morgan fingerprint density at radius 1 is 0.806 bits per heavy atom. The van der Waals surface area contributed by atoms with Crippen molar-refractivity contribution in [1.29, 1.82) is 0 Å². The minimum atomic E-state index is -0.0881. The highest BCUT2D eigenvalue weighted by Crippen LogP contribution is 2.54. The largest absolute Gasteiger partial charge is 0.466 e. The van der Waals surface area contributed by atoms with E-state index in [1.54, 1.807) is 0 Å². The zero-order chi connectivity index (χ0) is 22.2. The second-order valence-electron chi connectivity index (χ2n) is 9.39. The van der Waals surface area contributed by atoms with E-state index in [2.05, 4.69) is 6.92 Å². The normalized spacial score (nSPS) is 33.5. The zero-order valence-electron chi connectivity index (χ0n) is 19.7. The average Bonchev–Trinajstić information content (AvgIpc) is 3.66. The van der Waals surface area contributed by atoms with Gasteiger partial charge in [-0.1, -0.05) is 45.4 Å². The van der Waals surface area contributed by atoms with Crippen molar-refractivity contribution < 1.29 is 28.5 Å². The summed E-state index contributed by atoms with van der Waals surface area (Å²) in [6.45, 7) is 6.81. The van der Waals surface area contributed by atoms with Crippen LogP contribution in [-0.2, 0) is 28.5 Å². The third kappa shape index (κ3) is 6.92. The Morgan fingerprint density at radius 3 is 2.29 bits per heavy atom. The van der Waals surface area contributed by atoms with Crippen molar-refractivity contribution in [2.24, 2.45) is 17.8 Å². The van der Waals surface area contributed by atoms with E-state index in [1.807, 2.05) is 13.8 Å². The molecule has 0 N–H and O–H groups in total. The van der Waals surface area contributed by atoms with Gasteiger partial charge < -0.3 is 18.9 Å². The van der Waals surface area contributed by atoms with Gasteiger partial charge in [-0.2, -0.15) is 0 Å². The van der Waals surface area contributed by atoms with Gasteiger partial charge in [-0.3, -0.25) is 9.59 Å². The molecule has 2 saturated heterocycles. The first-order valence-electron chi connectivity index (χ1n) is 12.7. The van der Waals surface area contributed by atoms with Crippen LogP contribution in [0.2, 0.25) is 0 Å². The molecule has 31 heavy (non-hydrogen) atoms. The van der Waals surface area contributed by atoms with Crippen molar-refractivity contribution >= 4 is 11.9 Å². The fourth-order valence-electron chi connectivity index (χ4n) is 5.44. The van der Waals surface area contributed by atoms with Gasteiger partial charge in [0.15, 0.2) is 0 Å². The van der Waals surface area contributed by atoms with Gasteiger partial charge in [0.25, 0.3) is 0 Å². The average molecular weight is 439 g/mol. The maximum atomic E-state index is 12.7. The molecule has 6 heteroatoms. The lowest BCUT2D eigenvalue weighted by atomic mass is 9.70. The second kappa shape index (κ2) is 12.2. The standard InChI is InChI=1S/C25H42O6/c1-4-7-14-19-23(30-19)21-18(25(27)29-6-3)16-17(22-24(21)31-22)13-11-9-8-10-12-15-20(26)28-5-2/h17-19,21-24H,4-16H2,1-3H3. The molecule has 3 fully saturated rings. The summed E-state index contributed by atoms with van der Waals surface area (Å²) in [4.78, 5) is 24.1. The minimum Gasteiger partial charge on any atom is -0.466 e. The van der Waals surface area contributed by atoms with Crippen LogP contribution in [0.5, 0.6) is 0 Å².